The molecule has 0 unspecified atom stereocenters. The summed E-state index contributed by atoms with van der Waals surface area (Å²) in [5, 5.41) is 1.07. The van der Waals surface area contributed by atoms with Crippen molar-refractivity contribution in [2.45, 2.75) is 45.8 Å². The first-order valence-corrected chi connectivity index (χ1v) is 6.71. The molecule has 0 aromatic heterocycles. The maximum absolute atomic E-state index is 6.06. The summed E-state index contributed by atoms with van der Waals surface area (Å²) in [4.78, 5) is 0. The average Bonchev–Trinajstić information content (AvgIpc) is 2.42. The molecule has 1 aliphatic heterocycles. The number of rotatable bonds is 1. The zero-order valence-corrected chi connectivity index (χ0v) is 12.8. The third-order valence-electron chi connectivity index (χ3n) is 3.82. The third kappa shape index (κ3) is 2.29. The molecule has 0 amide bonds. The van der Waals surface area contributed by atoms with Crippen LogP contribution in [0, 0.1) is 6.92 Å². The van der Waals surface area contributed by atoms with Crippen LogP contribution in [0.4, 0.5) is 0 Å². The molecule has 0 aliphatic carbocycles. The van der Waals surface area contributed by atoms with Gasteiger partial charge in [-0.25, -0.2) is 0 Å². The lowest BCUT2D eigenvalue weighted by Gasteiger charge is -2.32. The van der Waals surface area contributed by atoms with Crippen LogP contribution >= 0.6 is 23.2 Å². The van der Waals surface area contributed by atoms with E-state index in [0.29, 0.717) is 10.0 Å². The second-order valence-corrected chi connectivity index (χ2v) is 6.53. The fraction of sp³-hybridized carbons (Fsp3) is 0.538. The quantitative estimate of drug-likeness (QED) is 0.735. The van der Waals surface area contributed by atoms with Crippen molar-refractivity contribution in [1.29, 1.82) is 0 Å². The zero-order chi connectivity index (χ0) is 13.7. The Balaban J connectivity index is 2.38. The van der Waals surface area contributed by atoms with Gasteiger partial charge in [-0.2, -0.15) is 0 Å². The lowest BCUT2D eigenvalue weighted by atomic mass is 9.76. The van der Waals surface area contributed by atoms with Crippen LogP contribution in [-0.2, 0) is 9.31 Å². The van der Waals surface area contributed by atoms with Crippen LogP contribution in [0.2, 0.25) is 10.0 Å². The Morgan fingerprint density at radius 3 is 1.89 bits per heavy atom. The van der Waals surface area contributed by atoms with E-state index in [0.717, 1.165) is 11.0 Å². The first kappa shape index (κ1) is 14.2. The highest BCUT2D eigenvalue weighted by atomic mass is 35.5. The molecule has 0 atom stereocenters. The second-order valence-electron chi connectivity index (χ2n) is 5.71. The standard InChI is InChI=1S/C13H17BCl2O2/c1-8-6-10(15)11(16)7-9(8)14-17-12(2,3)13(4,5)18-14/h6-7H,1-5H3. The first-order valence-electron chi connectivity index (χ1n) is 5.95. The second kappa shape index (κ2) is 4.41. The van der Waals surface area contributed by atoms with Gasteiger partial charge in [0.1, 0.15) is 0 Å². The predicted molar refractivity (Wildman–Crippen MR) is 76.9 cm³/mol. The molecule has 1 aliphatic rings. The molecule has 1 aromatic carbocycles. The van der Waals surface area contributed by atoms with Crippen LogP contribution in [0.25, 0.3) is 0 Å². The van der Waals surface area contributed by atoms with Crippen LogP contribution in [-0.4, -0.2) is 18.3 Å². The molecule has 0 N–H and O–H groups in total. The Labute approximate surface area is 119 Å². The molecule has 0 saturated carbocycles. The van der Waals surface area contributed by atoms with Gasteiger partial charge in [0.15, 0.2) is 0 Å². The van der Waals surface area contributed by atoms with Gasteiger partial charge in [-0.05, 0) is 57.8 Å². The normalized spacial score (nSPS) is 21.4. The zero-order valence-electron chi connectivity index (χ0n) is 11.3. The van der Waals surface area contributed by atoms with Crippen molar-refractivity contribution in [2.24, 2.45) is 0 Å². The molecule has 0 bridgehead atoms. The summed E-state index contributed by atoms with van der Waals surface area (Å²) in [6.07, 6.45) is 0. The van der Waals surface area contributed by atoms with Crippen molar-refractivity contribution < 1.29 is 9.31 Å². The molecule has 0 radical (unpaired) electrons. The van der Waals surface area contributed by atoms with E-state index in [1.807, 2.05) is 46.8 Å². The Morgan fingerprint density at radius 1 is 0.944 bits per heavy atom. The van der Waals surface area contributed by atoms with Crippen molar-refractivity contribution in [2.75, 3.05) is 0 Å². The van der Waals surface area contributed by atoms with Gasteiger partial charge in [0, 0.05) is 0 Å². The lowest BCUT2D eigenvalue weighted by molar-refractivity contribution is 0.00578. The fourth-order valence-corrected chi connectivity index (χ4v) is 2.28. The number of hydrogen-bond donors (Lipinski definition) is 0. The van der Waals surface area contributed by atoms with Crippen LogP contribution in [0.3, 0.4) is 0 Å². The minimum atomic E-state index is -0.398. The monoisotopic (exact) mass is 286 g/mol. The van der Waals surface area contributed by atoms with E-state index in [1.54, 1.807) is 0 Å². The molecule has 1 aromatic rings. The van der Waals surface area contributed by atoms with Gasteiger partial charge in [-0.3, -0.25) is 0 Å². The Kier molecular flexibility index (Phi) is 3.48. The molecular formula is C13H17BCl2O2. The third-order valence-corrected chi connectivity index (χ3v) is 4.54. The number of halogens is 2. The average molecular weight is 287 g/mol. The highest BCUT2D eigenvalue weighted by Crippen LogP contribution is 2.37. The van der Waals surface area contributed by atoms with Crippen LogP contribution in [0.1, 0.15) is 33.3 Å². The lowest BCUT2D eigenvalue weighted by Crippen LogP contribution is -2.41. The smallest absolute Gasteiger partial charge is 0.399 e. The van der Waals surface area contributed by atoms with Gasteiger partial charge in [0.25, 0.3) is 0 Å². The van der Waals surface area contributed by atoms with Gasteiger partial charge >= 0.3 is 7.12 Å². The minimum absolute atomic E-state index is 0.351. The minimum Gasteiger partial charge on any atom is -0.399 e. The van der Waals surface area contributed by atoms with Crippen LogP contribution < -0.4 is 5.46 Å². The molecule has 98 valence electrons. The van der Waals surface area contributed by atoms with Crippen molar-refractivity contribution in [3.8, 4) is 0 Å². The molecule has 2 rings (SSSR count). The SMILES string of the molecule is Cc1cc(Cl)c(Cl)cc1B1OC(C)(C)C(C)(C)O1. The largest absolute Gasteiger partial charge is 0.495 e. The topological polar surface area (TPSA) is 18.5 Å². The van der Waals surface area contributed by atoms with Crippen molar-refractivity contribution in [1.82, 2.24) is 0 Å². The molecule has 18 heavy (non-hydrogen) atoms. The van der Waals surface area contributed by atoms with Crippen LogP contribution in [0.5, 0.6) is 0 Å². The van der Waals surface area contributed by atoms with Gasteiger partial charge < -0.3 is 9.31 Å². The molecular weight excluding hydrogens is 270 g/mol. The summed E-state index contributed by atoms with van der Waals surface area (Å²) in [6, 6.07) is 3.66. The Bertz CT molecular complexity index is 470. The first-order chi connectivity index (χ1) is 8.14. The van der Waals surface area contributed by atoms with Gasteiger partial charge in [0.05, 0.1) is 21.2 Å². The summed E-state index contributed by atoms with van der Waals surface area (Å²) in [5.41, 5.74) is 1.25. The summed E-state index contributed by atoms with van der Waals surface area (Å²) in [7, 11) is -0.398. The summed E-state index contributed by atoms with van der Waals surface area (Å²) < 4.78 is 12.0. The van der Waals surface area contributed by atoms with Gasteiger partial charge in [0.2, 0.25) is 0 Å². The van der Waals surface area contributed by atoms with E-state index in [9.17, 15) is 0 Å². The predicted octanol–water partition coefficient (Wildman–Crippen LogP) is 3.60. The summed E-state index contributed by atoms with van der Waals surface area (Å²) in [5.74, 6) is 0. The van der Waals surface area contributed by atoms with E-state index >= 15 is 0 Å². The number of aryl methyl sites for hydroxylation is 1. The van der Waals surface area contributed by atoms with Gasteiger partial charge in [-0.1, -0.05) is 23.2 Å². The fourth-order valence-electron chi connectivity index (χ4n) is 1.89. The maximum atomic E-state index is 6.06. The van der Waals surface area contributed by atoms with E-state index in [1.165, 1.54) is 0 Å². The number of hydrogen-bond acceptors (Lipinski definition) is 2. The van der Waals surface area contributed by atoms with Crippen molar-refractivity contribution >= 4 is 35.8 Å². The van der Waals surface area contributed by atoms with E-state index in [4.69, 9.17) is 32.5 Å². The molecule has 5 heteroatoms. The van der Waals surface area contributed by atoms with E-state index in [2.05, 4.69) is 0 Å². The summed E-state index contributed by atoms with van der Waals surface area (Å²) >= 11 is 12.1. The van der Waals surface area contributed by atoms with E-state index in [-0.39, 0.29) is 11.2 Å². The van der Waals surface area contributed by atoms with Gasteiger partial charge in [-0.15, -0.1) is 0 Å². The summed E-state index contributed by atoms with van der Waals surface area (Å²) in [6.45, 7) is 10.1. The maximum Gasteiger partial charge on any atom is 0.495 e. The van der Waals surface area contributed by atoms with E-state index < -0.39 is 7.12 Å². The molecule has 1 saturated heterocycles. The van der Waals surface area contributed by atoms with Crippen LogP contribution in [0.15, 0.2) is 12.1 Å². The highest BCUT2D eigenvalue weighted by Gasteiger charge is 2.52. The highest BCUT2D eigenvalue weighted by molar-refractivity contribution is 6.63. The van der Waals surface area contributed by atoms with Crippen molar-refractivity contribution in [3.63, 3.8) is 0 Å². The Morgan fingerprint density at radius 2 is 1.39 bits per heavy atom. The molecule has 2 nitrogen and oxygen atoms in total. The molecule has 0 spiro atoms. The van der Waals surface area contributed by atoms with Crippen molar-refractivity contribution in [3.05, 3.63) is 27.7 Å². The molecule has 1 fully saturated rings. The number of benzene rings is 1. The Hall–Kier alpha value is -0.215. The molecule has 1 heterocycles.